The molecule has 2 heterocycles. The largest absolute Gasteiger partial charge is 0.459 e. The zero-order valence-corrected chi connectivity index (χ0v) is 12.2. The summed E-state index contributed by atoms with van der Waals surface area (Å²) < 4.78 is 9.90. The van der Waals surface area contributed by atoms with E-state index in [1.54, 1.807) is 49.4 Å². The van der Waals surface area contributed by atoms with E-state index in [1.807, 2.05) is 0 Å². The van der Waals surface area contributed by atoms with Gasteiger partial charge >= 0.3 is 0 Å². The van der Waals surface area contributed by atoms with Crippen LogP contribution < -0.4 is 10.6 Å². The minimum Gasteiger partial charge on any atom is -0.459 e. The van der Waals surface area contributed by atoms with Crippen LogP contribution in [0.4, 0.5) is 11.5 Å². The summed E-state index contributed by atoms with van der Waals surface area (Å²) in [5, 5.41) is 8.97. The van der Waals surface area contributed by atoms with E-state index in [9.17, 15) is 9.59 Å². The monoisotopic (exact) mass is 311 g/mol. The van der Waals surface area contributed by atoms with Crippen LogP contribution in [0.5, 0.6) is 0 Å². The minimum atomic E-state index is -0.389. The van der Waals surface area contributed by atoms with Gasteiger partial charge in [-0.25, -0.2) is 0 Å². The summed E-state index contributed by atoms with van der Waals surface area (Å²) in [7, 11) is 0. The SMILES string of the molecule is Cc1cc(NC(=O)c2cccc(NC(=O)c3ccco3)c2)no1. The predicted octanol–water partition coefficient (Wildman–Crippen LogP) is 3.08. The number of anilines is 2. The molecule has 0 fully saturated rings. The summed E-state index contributed by atoms with van der Waals surface area (Å²) in [6.45, 7) is 1.73. The molecule has 2 N–H and O–H groups in total. The van der Waals surface area contributed by atoms with Crippen LogP contribution in [0.15, 0.2) is 57.7 Å². The maximum atomic E-state index is 12.2. The first-order chi connectivity index (χ1) is 11.1. The third-order valence-corrected chi connectivity index (χ3v) is 3.00. The van der Waals surface area contributed by atoms with Crippen LogP contribution in [0.3, 0.4) is 0 Å². The average Bonchev–Trinajstić information content (AvgIpc) is 3.19. The van der Waals surface area contributed by atoms with Crippen LogP contribution in [0.2, 0.25) is 0 Å². The summed E-state index contributed by atoms with van der Waals surface area (Å²) in [6.07, 6.45) is 1.42. The lowest BCUT2D eigenvalue weighted by atomic mass is 10.2. The lowest BCUT2D eigenvalue weighted by Crippen LogP contribution is -2.14. The molecule has 0 unspecified atom stereocenters. The Balaban J connectivity index is 1.71. The van der Waals surface area contributed by atoms with Gasteiger partial charge in [-0.15, -0.1) is 0 Å². The van der Waals surface area contributed by atoms with Gasteiger partial charge in [0.2, 0.25) is 0 Å². The molecule has 0 aliphatic heterocycles. The van der Waals surface area contributed by atoms with Gasteiger partial charge < -0.3 is 19.6 Å². The third-order valence-electron chi connectivity index (χ3n) is 3.00. The van der Waals surface area contributed by atoms with E-state index in [1.165, 1.54) is 6.26 Å². The number of nitrogens with zero attached hydrogens (tertiary/aromatic N) is 1. The van der Waals surface area contributed by atoms with E-state index in [-0.39, 0.29) is 17.6 Å². The first kappa shape index (κ1) is 14.6. The molecule has 0 saturated heterocycles. The highest BCUT2D eigenvalue weighted by atomic mass is 16.5. The number of nitrogens with one attached hydrogen (secondary N) is 2. The number of hydrogen-bond acceptors (Lipinski definition) is 5. The molecular weight excluding hydrogens is 298 g/mol. The molecule has 3 rings (SSSR count). The number of aromatic nitrogens is 1. The normalized spacial score (nSPS) is 10.3. The summed E-state index contributed by atoms with van der Waals surface area (Å²) in [6, 6.07) is 11.3. The van der Waals surface area contributed by atoms with Crippen LogP contribution in [0.1, 0.15) is 26.7 Å². The maximum Gasteiger partial charge on any atom is 0.291 e. The Bertz CT molecular complexity index is 837. The van der Waals surface area contributed by atoms with E-state index in [2.05, 4.69) is 15.8 Å². The molecule has 116 valence electrons. The molecule has 7 nitrogen and oxygen atoms in total. The topological polar surface area (TPSA) is 97.4 Å². The Morgan fingerprint density at radius 1 is 1.04 bits per heavy atom. The number of amides is 2. The van der Waals surface area contributed by atoms with Gasteiger partial charge in [-0.2, -0.15) is 0 Å². The Labute approximate surface area is 131 Å². The third kappa shape index (κ3) is 3.46. The number of rotatable bonds is 4. The number of hydrogen-bond donors (Lipinski definition) is 2. The van der Waals surface area contributed by atoms with E-state index in [4.69, 9.17) is 8.94 Å². The summed E-state index contributed by atoms with van der Waals surface area (Å²) >= 11 is 0. The summed E-state index contributed by atoms with van der Waals surface area (Å²) in [4.78, 5) is 24.1. The number of carbonyl (C=O) groups excluding carboxylic acids is 2. The molecule has 3 aromatic rings. The van der Waals surface area contributed by atoms with Gasteiger partial charge in [0.05, 0.1) is 6.26 Å². The molecule has 0 atom stereocenters. The molecule has 7 heteroatoms. The molecule has 23 heavy (non-hydrogen) atoms. The van der Waals surface area contributed by atoms with Gasteiger partial charge in [-0.1, -0.05) is 11.2 Å². The highest BCUT2D eigenvalue weighted by Gasteiger charge is 2.12. The molecule has 0 saturated carbocycles. The van der Waals surface area contributed by atoms with Gasteiger partial charge in [0.25, 0.3) is 11.8 Å². The van der Waals surface area contributed by atoms with Crippen LogP contribution in [-0.2, 0) is 0 Å². The highest BCUT2D eigenvalue weighted by Crippen LogP contribution is 2.15. The predicted molar refractivity (Wildman–Crippen MR) is 82.3 cm³/mol. The second-order valence-electron chi connectivity index (χ2n) is 4.79. The number of carbonyl (C=O) groups is 2. The Morgan fingerprint density at radius 2 is 1.91 bits per heavy atom. The Kier molecular flexibility index (Phi) is 3.92. The first-order valence-corrected chi connectivity index (χ1v) is 6.81. The summed E-state index contributed by atoms with van der Waals surface area (Å²) in [5.74, 6) is 0.377. The second kappa shape index (κ2) is 6.18. The minimum absolute atomic E-state index is 0.193. The Morgan fingerprint density at radius 3 is 2.61 bits per heavy atom. The van der Waals surface area contributed by atoms with Crippen LogP contribution in [0.25, 0.3) is 0 Å². The zero-order valence-electron chi connectivity index (χ0n) is 12.2. The van der Waals surface area contributed by atoms with E-state index in [0.717, 1.165) is 0 Å². The van der Waals surface area contributed by atoms with Gasteiger partial charge in [-0.3, -0.25) is 9.59 Å². The Hall–Kier alpha value is -3.35. The van der Waals surface area contributed by atoms with Crippen molar-refractivity contribution in [2.24, 2.45) is 0 Å². The van der Waals surface area contributed by atoms with Gasteiger partial charge in [0.1, 0.15) is 5.76 Å². The van der Waals surface area contributed by atoms with Crippen LogP contribution in [0, 0.1) is 6.92 Å². The number of benzene rings is 1. The lowest BCUT2D eigenvalue weighted by Gasteiger charge is -2.06. The molecule has 2 aromatic heterocycles. The van der Waals surface area contributed by atoms with E-state index >= 15 is 0 Å². The molecule has 0 aliphatic rings. The van der Waals surface area contributed by atoms with Crippen molar-refractivity contribution in [2.45, 2.75) is 6.92 Å². The maximum absolute atomic E-state index is 12.2. The lowest BCUT2D eigenvalue weighted by molar-refractivity contribution is 0.0993. The molecular formula is C16H13N3O4. The van der Waals surface area contributed by atoms with Crippen molar-refractivity contribution in [3.8, 4) is 0 Å². The fourth-order valence-electron chi connectivity index (χ4n) is 1.95. The van der Waals surface area contributed by atoms with Crippen molar-refractivity contribution in [1.82, 2.24) is 5.16 Å². The van der Waals surface area contributed by atoms with Crippen LogP contribution >= 0.6 is 0 Å². The van der Waals surface area contributed by atoms with Gasteiger partial charge in [0, 0.05) is 17.3 Å². The van der Waals surface area contributed by atoms with Gasteiger partial charge in [-0.05, 0) is 37.3 Å². The fraction of sp³-hybridized carbons (Fsp3) is 0.0625. The number of aryl methyl sites for hydroxylation is 1. The second-order valence-corrected chi connectivity index (χ2v) is 4.79. The van der Waals surface area contributed by atoms with E-state index in [0.29, 0.717) is 22.8 Å². The zero-order chi connectivity index (χ0) is 16.2. The van der Waals surface area contributed by atoms with Gasteiger partial charge in [0.15, 0.2) is 11.6 Å². The van der Waals surface area contributed by atoms with Crippen molar-refractivity contribution in [1.29, 1.82) is 0 Å². The molecule has 1 aromatic carbocycles. The average molecular weight is 311 g/mol. The van der Waals surface area contributed by atoms with Crippen molar-refractivity contribution < 1.29 is 18.5 Å². The molecule has 0 aliphatic carbocycles. The van der Waals surface area contributed by atoms with Crippen molar-refractivity contribution in [2.75, 3.05) is 10.6 Å². The molecule has 2 amide bonds. The standard InChI is InChI=1S/C16H13N3O4/c1-10-8-14(19-23-10)18-15(20)11-4-2-5-12(9-11)17-16(21)13-6-3-7-22-13/h2-9H,1H3,(H,17,21)(H,18,19,20). The van der Waals surface area contributed by atoms with E-state index < -0.39 is 0 Å². The highest BCUT2D eigenvalue weighted by molar-refractivity contribution is 6.06. The quantitative estimate of drug-likeness (QED) is 0.771. The fourth-order valence-corrected chi connectivity index (χ4v) is 1.95. The van der Waals surface area contributed by atoms with Crippen molar-refractivity contribution in [3.05, 3.63) is 65.8 Å². The smallest absolute Gasteiger partial charge is 0.291 e. The molecule has 0 bridgehead atoms. The van der Waals surface area contributed by atoms with Crippen LogP contribution in [-0.4, -0.2) is 17.0 Å². The first-order valence-electron chi connectivity index (χ1n) is 6.81. The molecule has 0 radical (unpaired) electrons. The van der Waals surface area contributed by atoms with Crippen molar-refractivity contribution >= 4 is 23.3 Å². The summed E-state index contributed by atoms with van der Waals surface area (Å²) in [5.41, 5.74) is 0.860. The molecule has 0 spiro atoms. The number of furan rings is 1. The van der Waals surface area contributed by atoms with Crippen molar-refractivity contribution in [3.63, 3.8) is 0 Å².